The van der Waals surface area contributed by atoms with Gasteiger partial charge in [-0.2, -0.15) is 0 Å². The third kappa shape index (κ3) is 2.23. The number of anilines is 1. The molecule has 4 rings (SSSR count). The fourth-order valence-electron chi connectivity index (χ4n) is 4.30. The molecule has 3 nitrogen and oxygen atoms in total. The lowest BCUT2D eigenvalue weighted by atomic mass is 9.85. The topological polar surface area (TPSA) is 52.0 Å². The second kappa shape index (κ2) is 4.86. The number of fused-ring (bicyclic) bond motifs is 2. The van der Waals surface area contributed by atoms with Crippen molar-refractivity contribution in [3.63, 3.8) is 0 Å². The van der Waals surface area contributed by atoms with Crippen LogP contribution in [0.1, 0.15) is 31.4 Å². The van der Waals surface area contributed by atoms with E-state index in [1.54, 1.807) is 6.07 Å². The van der Waals surface area contributed by atoms with Gasteiger partial charge in [-0.15, -0.1) is 0 Å². The van der Waals surface area contributed by atoms with E-state index >= 15 is 0 Å². The maximum atomic E-state index is 13.5. The number of hydrogen-bond acceptors (Lipinski definition) is 3. The van der Waals surface area contributed by atoms with E-state index in [1.165, 1.54) is 37.8 Å². The highest BCUT2D eigenvalue weighted by atomic mass is 19.1. The van der Waals surface area contributed by atoms with Gasteiger partial charge in [-0.25, -0.2) is 4.39 Å². The minimum absolute atomic E-state index is 0.265. The highest BCUT2D eigenvalue weighted by Crippen LogP contribution is 2.50. The van der Waals surface area contributed by atoms with Gasteiger partial charge in [0.1, 0.15) is 11.6 Å². The molecule has 2 aliphatic carbocycles. The van der Waals surface area contributed by atoms with Gasteiger partial charge in [-0.3, -0.25) is 0 Å². The number of nitrogens with two attached hydrogens (primary N) is 1. The summed E-state index contributed by atoms with van der Waals surface area (Å²) in [6.45, 7) is 0. The average Bonchev–Trinajstić information content (AvgIpc) is 3.15. The molecule has 0 spiro atoms. The Morgan fingerprint density at radius 1 is 1.29 bits per heavy atom. The van der Waals surface area contributed by atoms with Crippen molar-refractivity contribution in [2.75, 3.05) is 5.73 Å². The minimum Gasteiger partial charge on any atom is -0.380 e. The predicted octanol–water partition coefficient (Wildman–Crippen LogP) is 4.04. The highest BCUT2D eigenvalue weighted by Gasteiger charge is 2.40. The van der Waals surface area contributed by atoms with Crippen LogP contribution < -0.4 is 5.73 Å². The Labute approximate surface area is 123 Å². The van der Waals surface area contributed by atoms with Crippen molar-refractivity contribution >= 4 is 5.82 Å². The summed E-state index contributed by atoms with van der Waals surface area (Å²) < 4.78 is 18.9. The fourth-order valence-corrected chi connectivity index (χ4v) is 4.30. The Morgan fingerprint density at radius 3 is 2.90 bits per heavy atom. The van der Waals surface area contributed by atoms with Crippen LogP contribution in [0.2, 0.25) is 0 Å². The third-order valence-corrected chi connectivity index (χ3v) is 5.23. The van der Waals surface area contributed by atoms with Crippen LogP contribution in [-0.2, 0) is 6.42 Å². The maximum absolute atomic E-state index is 13.5. The van der Waals surface area contributed by atoms with Crippen molar-refractivity contribution in [1.82, 2.24) is 5.16 Å². The van der Waals surface area contributed by atoms with E-state index in [4.69, 9.17) is 10.3 Å². The average molecular weight is 286 g/mol. The van der Waals surface area contributed by atoms with Crippen LogP contribution in [0.4, 0.5) is 10.2 Å². The molecule has 4 heteroatoms. The van der Waals surface area contributed by atoms with Crippen LogP contribution in [0.25, 0.3) is 11.1 Å². The molecule has 2 fully saturated rings. The second-order valence-electron chi connectivity index (χ2n) is 6.52. The van der Waals surface area contributed by atoms with Crippen molar-refractivity contribution in [2.45, 2.75) is 32.1 Å². The summed E-state index contributed by atoms with van der Waals surface area (Å²) in [5, 5.41) is 3.91. The minimum atomic E-state index is -0.265. The first-order valence-corrected chi connectivity index (χ1v) is 7.70. The summed E-state index contributed by atoms with van der Waals surface area (Å²) in [5.41, 5.74) is 7.48. The van der Waals surface area contributed by atoms with Crippen molar-refractivity contribution in [3.05, 3.63) is 35.8 Å². The van der Waals surface area contributed by atoms with Crippen molar-refractivity contribution in [2.24, 2.45) is 17.8 Å². The lowest BCUT2D eigenvalue weighted by Gasteiger charge is -2.20. The summed E-state index contributed by atoms with van der Waals surface area (Å²) in [6.07, 6.45) is 6.25. The Balaban J connectivity index is 1.64. The number of aromatic nitrogens is 1. The van der Waals surface area contributed by atoms with Crippen LogP contribution in [0.15, 0.2) is 28.8 Å². The van der Waals surface area contributed by atoms with E-state index in [1.807, 2.05) is 6.07 Å². The van der Waals surface area contributed by atoms with E-state index in [-0.39, 0.29) is 5.82 Å². The number of nitrogens with zero attached hydrogens (tertiary/aromatic N) is 1. The largest absolute Gasteiger partial charge is 0.380 e. The van der Waals surface area contributed by atoms with Gasteiger partial charge >= 0.3 is 0 Å². The number of hydrogen-bond donors (Lipinski definition) is 1. The first-order chi connectivity index (χ1) is 10.2. The molecular weight excluding hydrogens is 267 g/mol. The molecule has 110 valence electrons. The van der Waals surface area contributed by atoms with Crippen LogP contribution in [0, 0.1) is 23.6 Å². The molecule has 2 N–H and O–H groups in total. The zero-order valence-electron chi connectivity index (χ0n) is 11.9. The first kappa shape index (κ1) is 12.9. The van der Waals surface area contributed by atoms with Gasteiger partial charge in [0.15, 0.2) is 5.82 Å². The van der Waals surface area contributed by atoms with E-state index in [0.717, 1.165) is 35.1 Å². The lowest BCUT2D eigenvalue weighted by Crippen LogP contribution is -2.13. The first-order valence-electron chi connectivity index (χ1n) is 7.70. The maximum Gasteiger partial charge on any atom is 0.175 e. The molecule has 3 atom stereocenters. The molecule has 1 aromatic carbocycles. The standard InChI is InChI=1S/C17H19FN2O/c18-14-3-1-2-12(8-14)16-15(21-20-17(16)19)9-13-7-10-4-5-11(13)6-10/h1-3,8,10-11,13H,4-7,9H2,(H2,19,20). The summed E-state index contributed by atoms with van der Waals surface area (Å²) in [4.78, 5) is 0. The molecule has 0 aliphatic heterocycles. The molecule has 2 aromatic rings. The van der Waals surface area contributed by atoms with Crippen LogP contribution in [0.3, 0.4) is 0 Å². The van der Waals surface area contributed by atoms with Crippen LogP contribution in [-0.4, -0.2) is 5.16 Å². The fraction of sp³-hybridized carbons (Fsp3) is 0.471. The summed E-state index contributed by atoms with van der Waals surface area (Å²) >= 11 is 0. The van der Waals surface area contributed by atoms with Crippen LogP contribution >= 0.6 is 0 Å². The van der Waals surface area contributed by atoms with Crippen molar-refractivity contribution < 1.29 is 8.91 Å². The summed E-state index contributed by atoms with van der Waals surface area (Å²) in [5.74, 6) is 3.30. The molecule has 0 saturated heterocycles. The molecule has 2 aliphatic rings. The third-order valence-electron chi connectivity index (χ3n) is 5.23. The predicted molar refractivity (Wildman–Crippen MR) is 79.0 cm³/mol. The van der Waals surface area contributed by atoms with Crippen LogP contribution in [0.5, 0.6) is 0 Å². The van der Waals surface area contributed by atoms with Gasteiger partial charge in [0.25, 0.3) is 0 Å². The number of halogens is 1. The molecule has 0 amide bonds. The molecule has 2 bridgehead atoms. The summed E-state index contributed by atoms with van der Waals surface area (Å²) in [7, 11) is 0. The quantitative estimate of drug-likeness (QED) is 0.926. The van der Waals surface area contributed by atoms with E-state index < -0.39 is 0 Å². The Morgan fingerprint density at radius 2 is 2.19 bits per heavy atom. The molecule has 3 unspecified atom stereocenters. The van der Waals surface area contributed by atoms with E-state index in [2.05, 4.69) is 5.16 Å². The van der Waals surface area contributed by atoms with E-state index in [0.29, 0.717) is 11.7 Å². The monoisotopic (exact) mass is 286 g/mol. The SMILES string of the molecule is Nc1noc(CC2CC3CCC2C3)c1-c1cccc(F)c1. The highest BCUT2D eigenvalue weighted by molar-refractivity contribution is 5.75. The molecule has 2 saturated carbocycles. The van der Waals surface area contributed by atoms with Gasteiger partial charge < -0.3 is 10.3 Å². The second-order valence-corrected chi connectivity index (χ2v) is 6.52. The Hall–Kier alpha value is -1.84. The number of nitrogen functional groups attached to an aromatic ring is 1. The number of benzene rings is 1. The van der Waals surface area contributed by atoms with Crippen molar-refractivity contribution in [3.8, 4) is 11.1 Å². The number of rotatable bonds is 3. The van der Waals surface area contributed by atoms with Gasteiger partial charge in [-0.1, -0.05) is 23.7 Å². The Bertz CT molecular complexity index is 667. The van der Waals surface area contributed by atoms with Gasteiger partial charge in [0.05, 0.1) is 5.56 Å². The van der Waals surface area contributed by atoms with Gasteiger partial charge in [0.2, 0.25) is 0 Å². The van der Waals surface area contributed by atoms with Gasteiger partial charge in [0, 0.05) is 6.42 Å². The molecule has 21 heavy (non-hydrogen) atoms. The molecule has 0 radical (unpaired) electrons. The van der Waals surface area contributed by atoms with E-state index in [9.17, 15) is 4.39 Å². The smallest absolute Gasteiger partial charge is 0.175 e. The normalized spacial score (nSPS) is 27.4. The zero-order valence-corrected chi connectivity index (χ0v) is 11.9. The molecular formula is C17H19FN2O. The Kier molecular flexibility index (Phi) is 2.98. The van der Waals surface area contributed by atoms with Crippen molar-refractivity contribution in [1.29, 1.82) is 0 Å². The molecule has 1 aromatic heterocycles. The zero-order chi connectivity index (χ0) is 14.4. The van der Waals surface area contributed by atoms with Gasteiger partial charge in [-0.05, 0) is 54.7 Å². The molecule has 1 heterocycles. The lowest BCUT2D eigenvalue weighted by molar-refractivity contribution is 0.294. The summed E-state index contributed by atoms with van der Waals surface area (Å²) in [6, 6.07) is 6.48.